The van der Waals surface area contributed by atoms with Crippen molar-refractivity contribution in [2.24, 2.45) is 4.99 Å². The molecular formula is C17H16N6O4S2. The highest BCUT2D eigenvalue weighted by Crippen LogP contribution is 2.32. The van der Waals surface area contributed by atoms with Gasteiger partial charge in [0.1, 0.15) is 15.9 Å². The number of ether oxygens (including phenoxy) is 2. The lowest BCUT2D eigenvalue weighted by atomic mass is 10.2. The fourth-order valence-corrected chi connectivity index (χ4v) is 4.89. The van der Waals surface area contributed by atoms with Crippen molar-refractivity contribution in [3.8, 4) is 11.5 Å². The zero-order valence-corrected chi connectivity index (χ0v) is 16.7. The highest BCUT2D eigenvalue weighted by molar-refractivity contribution is 7.90. The van der Waals surface area contributed by atoms with E-state index in [0.29, 0.717) is 30.9 Å². The molecule has 29 heavy (non-hydrogen) atoms. The Kier molecular flexibility index (Phi) is 4.45. The molecule has 0 saturated heterocycles. The van der Waals surface area contributed by atoms with Crippen molar-refractivity contribution in [2.75, 3.05) is 20.1 Å². The number of hydrogen-bond donors (Lipinski definition) is 2. The second kappa shape index (κ2) is 7.13. The number of nitrogens with one attached hydrogen (secondary N) is 2. The van der Waals surface area contributed by atoms with Crippen molar-refractivity contribution < 1.29 is 17.9 Å². The Labute approximate surface area is 170 Å². The van der Waals surface area contributed by atoms with Crippen LogP contribution in [0.5, 0.6) is 11.5 Å². The predicted molar refractivity (Wildman–Crippen MR) is 106 cm³/mol. The largest absolute Gasteiger partial charge is 0.454 e. The van der Waals surface area contributed by atoms with E-state index in [4.69, 9.17) is 9.47 Å². The molecule has 0 aliphatic carbocycles. The molecule has 5 rings (SSSR count). The summed E-state index contributed by atoms with van der Waals surface area (Å²) in [6.07, 6.45) is 0. The summed E-state index contributed by atoms with van der Waals surface area (Å²) in [4.78, 5) is 6.42. The first-order valence-corrected chi connectivity index (χ1v) is 10.9. The van der Waals surface area contributed by atoms with Crippen LogP contribution in [-0.2, 0) is 16.6 Å². The van der Waals surface area contributed by atoms with Crippen LogP contribution in [0.25, 0.3) is 11.0 Å². The summed E-state index contributed by atoms with van der Waals surface area (Å²) >= 11 is 0.976. The topological polar surface area (TPSA) is 118 Å². The molecule has 150 valence electrons. The summed E-state index contributed by atoms with van der Waals surface area (Å²) in [5.41, 5.74) is 1.95. The van der Waals surface area contributed by atoms with Crippen LogP contribution >= 0.6 is 11.7 Å². The average molecular weight is 432 g/mol. The van der Waals surface area contributed by atoms with Crippen LogP contribution in [0.15, 0.2) is 46.3 Å². The molecule has 12 heteroatoms. The summed E-state index contributed by atoms with van der Waals surface area (Å²) in [6, 6.07) is 10.7. The Bertz CT molecular complexity index is 1210. The summed E-state index contributed by atoms with van der Waals surface area (Å²) < 4.78 is 46.9. The van der Waals surface area contributed by atoms with Crippen molar-refractivity contribution in [2.45, 2.75) is 11.4 Å². The van der Waals surface area contributed by atoms with Gasteiger partial charge in [0.05, 0.1) is 25.1 Å². The van der Waals surface area contributed by atoms with Gasteiger partial charge in [-0.3, -0.25) is 4.90 Å². The highest BCUT2D eigenvalue weighted by atomic mass is 32.2. The molecule has 0 saturated carbocycles. The van der Waals surface area contributed by atoms with E-state index in [0.717, 1.165) is 28.8 Å². The maximum Gasteiger partial charge on any atom is 0.266 e. The van der Waals surface area contributed by atoms with Crippen molar-refractivity contribution in [1.29, 1.82) is 0 Å². The van der Waals surface area contributed by atoms with Gasteiger partial charge in [0.25, 0.3) is 10.0 Å². The van der Waals surface area contributed by atoms with Crippen LogP contribution in [0.4, 0.5) is 0 Å². The second-order valence-electron chi connectivity index (χ2n) is 6.49. The van der Waals surface area contributed by atoms with Crippen LogP contribution in [0, 0.1) is 0 Å². The maximum atomic E-state index is 12.8. The SMILES string of the molecule is O=S(=O)(NC1=NCN(Cc2ccc3c(c2)OCO3)CN1)c1cccc2nsnc12. The number of aromatic nitrogens is 2. The summed E-state index contributed by atoms with van der Waals surface area (Å²) in [6.45, 7) is 1.67. The summed E-state index contributed by atoms with van der Waals surface area (Å²) in [5, 5.41) is 3.01. The third-order valence-corrected chi connectivity index (χ3v) is 6.42. The molecular weight excluding hydrogens is 416 g/mol. The molecule has 3 aromatic rings. The third-order valence-electron chi connectivity index (χ3n) is 4.51. The van der Waals surface area contributed by atoms with Crippen molar-refractivity contribution >= 4 is 38.7 Å². The first-order valence-electron chi connectivity index (χ1n) is 8.72. The molecule has 0 spiro atoms. The smallest absolute Gasteiger partial charge is 0.266 e. The number of hydrogen-bond acceptors (Lipinski definition) is 10. The van der Waals surface area contributed by atoms with Gasteiger partial charge in [-0.15, -0.1) is 0 Å². The molecule has 2 aliphatic heterocycles. The van der Waals surface area contributed by atoms with Crippen LogP contribution in [-0.4, -0.2) is 48.2 Å². The molecule has 0 atom stereocenters. The number of aliphatic imine (C=N–C) groups is 1. The second-order valence-corrected chi connectivity index (χ2v) is 8.67. The predicted octanol–water partition coefficient (Wildman–Crippen LogP) is 1.07. The molecule has 2 aromatic carbocycles. The third kappa shape index (κ3) is 3.57. The van der Waals surface area contributed by atoms with E-state index in [1.165, 1.54) is 6.07 Å². The Morgan fingerprint density at radius 3 is 2.93 bits per heavy atom. The zero-order valence-electron chi connectivity index (χ0n) is 15.0. The summed E-state index contributed by atoms with van der Waals surface area (Å²) in [5.74, 6) is 1.67. The number of fused-ring (bicyclic) bond motifs is 2. The van der Waals surface area contributed by atoms with E-state index in [9.17, 15) is 8.42 Å². The monoisotopic (exact) mass is 432 g/mol. The van der Waals surface area contributed by atoms with Crippen LogP contribution in [0.1, 0.15) is 5.56 Å². The maximum absolute atomic E-state index is 12.8. The van der Waals surface area contributed by atoms with Gasteiger partial charge in [0.2, 0.25) is 12.8 Å². The molecule has 0 unspecified atom stereocenters. The van der Waals surface area contributed by atoms with Crippen molar-refractivity contribution in [1.82, 2.24) is 23.7 Å². The average Bonchev–Trinajstić information content (AvgIpc) is 3.37. The number of guanidine groups is 1. The van der Waals surface area contributed by atoms with E-state index in [2.05, 4.69) is 23.8 Å². The van der Waals surface area contributed by atoms with E-state index in [1.54, 1.807) is 12.1 Å². The van der Waals surface area contributed by atoms with Gasteiger partial charge in [-0.05, 0) is 29.8 Å². The molecule has 0 radical (unpaired) electrons. The van der Waals surface area contributed by atoms with Gasteiger partial charge in [-0.25, -0.2) is 18.1 Å². The van der Waals surface area contributed by atoms with E-state index in [-0.39, 0.29) is 17.6 Å². The fourth-order valence-electron chi connectivity index (χ4n) is 3.12. The van der Waals surface area contributed by atoms with E-state index in [1.807, 2.05) is 23.1 Å². The van der Waals surface area contributed by atoms with Gasteiger partial charge in [0, 0.05) is 6.54 Å². The van der Waals surface area contributed by atoms with Gasteiger partial charge >= 0.3 is 0 Å². The molecule has 1 aromatic heterocycles. The molecule has 2 N–H and O–H groups in total. The van der Waals surface area contributed by atoms with Crippen LogP contribution < -0.4 is 19.5 Å². The number of benzene rings is 2. The minimum atomic E-state index is -3.83. The van der Waals surface area contributed by atoms with Crippen molar-refractivity contribution in [3.63, 3.8) is 0 Å². The minimum Gasteiger partial charge on any atom is -0.454 e. The molecule has 0 amide bonds. The lowest BCUT2D eigenvalue weighted by Gasteiger charge is -2.27. The normalized spacial score (nSPS) is 16.5. The van der Waals surface area contributed by atoms with Gasteiger partial charge in [-0.2, -0.15) is 8.75 Å². The zero-order chi connectivity index (χ0) is 19.8. The number of rotatable bonds is 4. The van der Waals surface area contributed by atoms with E-state index < -0.39 is 10.0 Å². The highest BCUT2D eigenvalue weighted by Gasteiger charge is 2.23. The molecule has 2 aliphatic rings. The van der Waals surface area contributed by atoms with Gasteiger partial charge in [-0.1, -0.05) is 12.1 Å². The van der Waals surface area contributed by atoms with Crippen LogP contribution in [0.3, 0.4) is 0 Å². The minimum absolute atomic E-state index is 0.0797. The molecule has 0 fully saturated rings. The Hall–Kier alpha value is -2.96. The lowest BCUT2D eigenvalue weighted by Crippen LogP contribution is -2.49. The van der Waals surface area contributed by atoms with Crippen LogP contribution in [0.2, 0.25) is 0 Å². The summed E-state index contributed by atoms with van der Waals surface area (Å²) in [7, 11) is -3.83. The fraction of sp³-hybridized carbons (Fsp3) is 0.235. The van der Waals surface area contributed by atoms with Gasteiger partial charge in [0.15, 0.2) is 11.5 Å². The standard InChI is InChI=1S/C17H16N6O4S2/c24-29(25,15-3-1-2-12-16(15)21-28-20-12)22-17-18-8-23(9-19-17)7-11-4-5-13-14(6-11)27-10-26-13/h1-6H,7-10H2,(H2,18,19,22). The first kappa shape index (κ1) is 18.1. The quantitative estimate of drug-likeness (QED) is 0.629. The lowest BCUT2D eigenvalue weighted by molar-refractivity contribution is 0.174. The molecule has 0 bridgehead atoms. The number of sulfonamides is 1. The Morgan fingerprint density at radius 2 is 2.07 bits per heavy atom. The Balaban J connectivity index is 1.27. The van der Waals surface area contributed by atoms with Gasteiger partial charge < -0.3 is 14.8 Å². The molecule has 10 nitrogen and oxygen atoms in total. The molecule has 3 heterocycles. The first-order chi connectivity index (χ1) is 14.1. The van der Waals surface area contributed by atoms with Crippen molar-refractivity contribution in [3.05, 3.63) is 42.0 Å². The Morgan fingerprint density at radius 1 is 1.17 bits per heavy atom. The number of nitrogens with zero attached hydrogens (tertiary/aromatic N) is 4. The van der Waals surface area contributed by atoms with E-state index >= 15 is 0 Å².